The van der Waals surface area contributed by atoms with Gasteiger partial charge in [0, 0.05) is 57.0 Å². The van der Waals surface area contributed by atoms with Gasteiger partial charge in [-0.05, 0) is 80.6 Å². The van der Waals surface area contributed by atoms with Gasteiger partial charge in [0.15, 0.2) is 17.5 Å². The summed E-state index contributed by atoms with van der Waals surface area (Å²) in [6, 6.07) is 71.6. The third-order valence-corrected chi connectivity index (χ3v) is 14.0. The average molecular weight is 800 g/mol. The Balaban J connectivity index is 1.12. The van der Waals surface area contributed by atoms with Gasteiger partial charge in [0.1, 0.15) is 0 Å². The van der Waals surface area contributed by atoms with Gasteiger partial charge in [0.25, 0.3) is 0 Å². The lowest BCUT2D eigenvalue weighted by Crippen LogP contribution is -2.01. The van der Waals surface area contributed by atoms with E-state index >= 15 is 0 Å². The summed E-state index contributed by atoms with van der Waals surface area (Å²) in [5.41, 5.74) is 9.78. The molecule has 0 spiro atoms. The molecule has 0 saturated carbocycles. The Morgan fingerprint density at radius 2 is 0.717 bits per heavy atom. The minimum Gasteiger partial charge on any atom is -0.208 e. The maximum Gasteiger partial charge on any atom is 0.165 e. The van der Waals surface area contributed by atoms with Gasteiger partial charge < -0.3 is 0 Å². The number of fused-ring (bicyclic) bond motifs is 7. The number of rotatable bonds is 6. The zero-order valence-electron chi connectivity index (χ0n) is 32.2. The fourth-order valence-electron chi connectivity index (χ4n) is 8.68. The summed E-state index contributed by atoms with van der Waals surface area (Å²) in [5, 5.41) is 7.34. The van der Waals surface area contributed by atoms with E-state index in [0.29, 0.717) is 17.5 Å². The molecular formula is C55H33N3S2. The lowest BCUT2D eigenvalue weighted by Gasteiger charge is -2.15. The third-order valence-electron chi connectivity index (χ3n) is 11.6. The topological polar surface area (TPSA) is 38.7 Å². The molecule has 60 heavy (non-hydrogen) atoms. The van der Waals surface area contributed by atoms with Crippen LogP contribution in [0.15, 0.2) is 200 Å². The Morgan fingerprint density at radius 3 is 1.37 bits per heavy atom. The third kappa shape index (κ3) is 5.82. The van der Waals surface area contributed by atoms with Crippen LogP contribution in [0.5, 0.6) is 0 Å². The molecule has 3 heterocycles. The largest absolute Gasteiger partial charge is 0.208 e. The minimum absolute atomic E-state index is 0.637. The highest BCUT2D eigenvalue weighted by Gasteiger charge is 2.21. The highest BCUT2D eigenvalue weighted by atomic mass is 32.1. The molecule has 0 fully saturated rings. The summed E-state index contributed by atoms with van der Waals surface area (Å²) >= 11 is 3.59. The molecule has 9 aromatic carbocycles. The molecule has 0 aliphatic rings. The predicted molar refractivity (Wildman–Crippen MR) is 256 cm³/mol. The summed E-state index contributed by atoms with van der Waals surface area (Å²) in [6.45, 7) is 0. The van der Waals surface area contributed by atoms with E-state index in [9.17, 15) is 0 Å². The van der Waals surface area contributed by atoms with Gasteiger partial charge in [0.2, 0.25) is 0 Å². The Hall–Kier alpha value is -7.31. The van der Waals surface area contributed by atoms with Gasteiger partial charge in [-0.3, -0.25) is 0 Å². The molecular weight excluding hydrogens is 767 g/mol. The first-order valence-electron chi connectivity index (χ1n) is 20.1. The molecule has 12 aromatic rings. The molecule has 0 aliphatic heterocycles. The van der Waals surface area contributed by atoms with Gasteiger partial charge in [-0.1, -0.05) is 164 Å². The van der Waals surface area contributed by atoms with Gasteiger partial charge in [-0.15, -0.1) is 22.7 Å². The number of nitrogens with zero attached hydrogens (tertiary/aromatic N) is 3. The van der Waals surface area contributed by atoms with Crippen molar-refractivity contribution in [1.29, 1.82) is 0 Å². The minimum atomic E-state index is 0.637. The van der Waals surface area contributed by atoms with Crippen LogP contribution in [0.4, 0.5) is 0 Å². The van der Waals surface area contributed by atoms with Gasteiger partial charge >= 0.3 is 0 Å². The van der Waals surface area contributed by atoms with Crippen LogP contribution in [0.2, 0.25) is 0 Å². The Morgan fingerprint density at radius 1 is 0.267 bits per heavy atom. The molecule has 5 heteroatoms. The van der Waals surface area contributed by atoms with Crippen molar-refractivity contribution in [3.8, 4) is 67.5 Å². The van der Waals surface area contributed by atoms with Crippen molar-refractivity contribution < 1.29 is 0 Å². The second-order valence-electron chi connectivity index (χ2n) is 15.1. The van der Waals surface area contributed by atoms with Crippen LogP contribution in [0.25, 0.3) is 119 Å². The van der Waals surface area contributed by atoms with E-state index in [0.717, 1.165) is 33.4 Å². The van der Waals surface area contributed by atoms with Gasteiger partial charge in [-0.25, -0.2) is 15.0 Å². The lowest BCUT2D eigenvalue weighted by atomic mass is 9.91. The van der Waals surface area contributed by atoms with E-state index in [1.54, 1.807) is 22.7 Å². The first-order valence-corrected chi connectivity index (χ1v) is 21.7. The molecule has 0 aliphatic carbocycles. The van der Waals surface area contributed by atoms with Crippen molar-refractivity contribution in [3.05, 3.63) is 200 Å². The molecule has 0 unspecified atom stereocenters. The second kappa shape index (κ2) is 14.2. The summed E-state index contributed by atoms with van der Waals surface area (Å²) in [6.07, 6.45) is 0. The second-order valence-corrected chi connectivity index (χ2v) is 17.2. The summed E-state index contributed by atoms with van der Waals surface area (Å²) < 4.78 is 4.83. The Kier molecular flexibility index (Phi) is 8.22. The van der Waals surface area contributed by atoms with Crippen LogP contribution < -0.4 is 0 Å². The molecule has 3 nitrogen and oxygen atoms in total. The highest BCUT2D eigenvalue weighted by Crippen LogP contribution is 2.44. The van der Waals surface area contributed by atoms with Crippen molar-refractivity contribution in [2.45, 2.75) is 0 Å². The number of aromatic nitrogens is 3. The SMILES string of the molecule is c1ccc(-c2ccc(-c3cc(-c4cccc5ccccc45)ccc3-c3nc(-c4cccc5c4sc4ccccc45)nc(-c4cccc5c4sc4ccccc45)n3)cc2)cc1. The first-order chi connectivity index (χ1) is 29.7. The van der Waals surface area contributed by atoms with Crippen LogP contribution in [-0.2, 0) is 0 Å². The number of thiophene rings is 2. The van der Waals surface area contributed by atoms with Crippen LogP contribution in [0.1, 0.15) is 0 Å². The normalized spacial score (nSPS) is 11.7. The molecule has 280 valence electrons. The van der Waals surface area contributed by atoms with Crippen molar-refractivity contribution in [2.24, 2.45) is 0 Å². The van der Waals surface area contributed by atoms with Crippen LogP contribution >= 0.6 is 22.7 Å². The Labute approximate surface area is 354 Å². The average Bonchev–Trinajstić information content (AvgIpc) is 3.90. The fourth-order valence-corrected chi connectivity index (χ4v) is 11.1. The quantitative estimate of drug-likeness (QED) is 0.168. The highest BCUT2D eigenvalue weighted by molar-refractivity contribution is 7.26. The van der Waals surface area contributed by atoms with E-state index in [1.807, 2.05) is 0 Å². The van der Waals surface area contributed by atoms with Crippen molar-refractivity contribution in [1.82, 2.24) is 15.0 Å². The number of benzene rings is 9. The smallest absolute Gasteiger partial charge is 0.165 e. The van der Waals surface area contributed by atoms with Gasteiger partial charge in [0.05, 0.1) is 0 Å². The summed E-state index contributed by atoms with van der Waals surface area (Å²) in [7, 11) is 0. The molecule has 12 rings (SSSR count). The molecule has 0 N–H and O–H groups in total. The van der Waals surface area contributed by atoms with Gasteiger partial charge in [-0.2, -0.15) is 0 Å². The molecule has 0 amide bonds. The van der Waals surface area contributed by atoms with Crippen LogP contribution in [-0.4, -0.2) is 15.0 Å². The molecule has 0 atom stereocenters. The predicted octanol–water partition coefficient (Wildman–Crippen LogP) is 15.8. The van der Waals surface area contributed by atoms with E-state index in [1.165, 1.54) is 67.8 Å². The molecule has 0 radical (unpaired) electrons. The van der Waals surface area contributed by atoms with Crippen molar-refractivity contribution in [2.75, 3.05) is 0 Å². The van der Waals surface area contributed by atoms with E-state index in [-0.39, 0.29) is 0 Å². The maximum absolute atomic E-state index is 5.43. The number of hydrogen-bond acceptors (Lipinski definition) is 5. The van der Waals surface area contributed by atoms with E-state index in [2.05, 4.69) is 200 Å². The molecule has 0 bridgehead atoms. The summed E-state index contributed by atoms with van der Waals surface area (Å²) in [5.74, 6) is 1.96. The number of hydrogen-bond donors (Lipinski definition) is 0. The Bertz CT molecular complexity index is 3470. The maximum atomic E-state index is 5.43. The van der Waals surface area contributed by atoms with Crippen LogP contribution in [0, 0.1) is 0 Å². The van der Waals surface area contributed by atoms with E-state index < -0.39 is 0 Å². The van der Waals surface area contributed by atoms with E-state index in [4.69, 9.17) is 15.0 Å². The molecule has 3 aromatic heterocycles. The first kappa shape index (κ1) is 34.7. The fraction of sp³-hybridized carbons (Fsp3) is 0. The standard InChI is InChI=1S/C55H33N3S2/c1-2-13-34(14-3-1)35-27-29-37(30-28-35)48-33-38(40-20-10-16-36-15-4-5-17-39(36)40)31-32-45(48)53-56-54(46-23-11-21-43-41-18-6-8-25-49(41)59-51(43)46)58-55(57-53)47-24-12-22-44-42-19-7-9-26-50(42)60-52(44)47/h1-33H. The van der Waals surface area contributed by atoms with Crippen molar-refractivity contribution in [3.63, 3.8) is 0 Å². The van der Waals surface area contributed by atoms with Crippen molar-refractivity contribution >= 4 is 73.8 Å². The monoisotopic (exact) mass is 799 g/mol. The molecule has 0 saturated heterocycles. The summed E-state index contributed by atoms with van der Waals surface area (Å²) in [4.78, 5) is 16.2. The zero-order valence-corrected chi connectivity index (χ0v) is 33.8. The zero-order chi connectivity index (χ0) is 39.6. The van der Waals surface area contributed by atoms with Crippen LogP contribution in [0.3, 0.4) is 0 Å². The lowest BCUT2D eigenvalue weighted by molar-refractivity contribution is 1.08.